The maximum Gasteiger partial charge on any atom is 0.407 e. The number of benzene rings is 2. The summed E-state index contributed by atoms with van der Waals surface area (Å²) in [5.74, 6) is -1.45. The van der Waals surface area contributed by atoms with Crippen LogP contribution in [0.15, 0.2) is 48.5 Å². The number of carboxylic acid groups (broad SMARTS) is 1. The number of hydrogen-bond acceptors (Lipinski definition) is 6. The molecule has 1 heterocycles. The van der Waals surface area contributed by atoms with Crippen molar-refractivity contribution in [2.24, 2.45) is 0 Å². The van der Waals surface area contributed by atoms with Crippen molar-refractivity contribution in [2.45, 2.75) is 38.8 Å². The number of aliphatic carboxylic acids is 1. The minimum Gasteiger partial charge on any atom is -0.481 e. The van der Waals surface area contributed by atoms with Gasteiger partial charge >= 0.3 is 12.1 Å². The van der Waals surface area contributed by atoms with Crippen molar-refractivity contribution in [3.63, 3.8) is 0 Å². The zero-order valence-corrected chi connectivity index (χ0v) is 19.6. The number of rotatable bonds is 8. The van der Waals surface area contributed by atoms with Gasteiger partial charge in [0.05, 0.1) is 13.0 Å². The molecule has 8 nitrogen and oxygen atoms in total. The van der Waals surface area contributed by atoms with E-state index in [4.69, 9.17) is 9.84 Å². The van der Waals surface area contributed by atoms with Crippen LogP contribution >= 0.6 is 11.3 Å². The summed E-state index contributed by atoms with van der Waals surface area (Å²) in [6, 6.07) is 15.7. The number of carboxylic acids is 1. The van der Waals surface area contributed by atoms with Gasteiger partial charge in [-0.2, -0.15) is 0 Å². The Kier molecular flexibility index (Phi) is 6.93. The molecule has 0 radical (unpaired) electrons. The van der Waals surface area contributed by atoms with Crippen molar-refractivity contribution in [1.29, 1.82) is 0 Å². The zero-order chi connectivity index (χ0) is 24.2. The minimum absolute atomic E-state index is 0.0247. The lowest BCUT2D eigenvalue weighted by molar-refractivity contribution is -0.137. The van der Waals surface area contributed by atoms with Gasteiger partial charge in [0.25, 0.3) is 5.91 Å². The largest absolute Gasteiger partial charge is 0.481 e. The maximum atomic E-state index is 12.4. The van der Waals surface area contributed by atoms with E-state index in [1.165, 1.54) is 11.3 Å². The Morgan fingerprint density at radius 1 is 1.09 bits per heavy atom. The Morgan fingerprint density at radius 3 is 2.32 bits per heavy atom. The second kappa shape index (κ2) is 10.0. The van der Waals surface area contributed by atoms with Gasteiger partial charge in [-0.3, -0.25) is 9.59 Å². The SMILES string of the molecule is Cc1sc(CNC(=O)OCC2c3ccccc3-c3ccccc32)nc1C(=O)NC(C)CC(=O)O. The van der Waals surface area contributed by atoms with Gasteiger partial charge in [-0.05, 0) is 36.1 Å². The minimum atomic E-state index is -0.990. The van der Waals surface area contributed by atoms with Crippen LogP contribution < -0.4 is 10.6 Å². The first-order valence-corrected chi connectivity index (χ1v) is 11.7. The fraction of sp³-hybridized carbons (Fsp3) is 0.280. The predicted octanol–water partition coefficient (Wildman–Crippen LogP) is 4.08. The predicted molar refractivity (Wildman–Crippen MR) is 128 cm³/mol. The average Bonchev–Trinajstić information content (AvgIpc) is 3.33. The van der Waals surface area contributed by atoms with Crippen molar-refractivity contribution in [1.82, 2.24) is 15.6 Å². The molecule has 3 aromatic rings. The highest BCUT2D eigenvalue weighted by molar-refractivity contribution is 7.11. The molecule has 0 spiro atoms. The summed E-state index contributed by atoms with van der Waals surface area (Å²) in [6.45, 7) is 3.71. The van der Waals surface area contributed by atoms with E-state index in [0.717, 1.165) is 22.3 Å². The lowest BCUT2D eigenvalue weighted by atomic mass is 9.98. The van der Waals surface area contributed by atoms with Crippen LogP contribution in [0.3, 0.4) is 0 Å². The normalized spacial score (nSPS) is 13.0. The number of ether oxygens (including phenoxy) is 1. The second-order valence-corrected chi connectivity index (χ2v) is 9.45. The number of carbonyl (C=O) groups excluding carboxylic acids is 2. The van der Waals surface area contributed by atoms with Gasteiger partial charge in [0.15, 0.2) is 0 Å². The quantitative estimate of drug-likeness (QED) is 0.448. The summed E-state index contributed by atoms with van der Waals surface area (Å²) in [7, 11) is 0. The fourth-order valence-electron chi connectivity index (χ4n) is 4.14. The number of thiazole rings is 1. The summed E-state index contributed by atoms with van der Waals surface area (Å²) in [6.07, 6.45) is -0.735. The third kappa shape index (κ3) is 5.09. The van der Waals surface area contributed by atoms with Gasteiger partial charge in [0.1, 0.15) is 17.3 Å². The summed E-state index contributed by atoms with van der Waals surface area (Å²) >= 11 is 1.29. The maximum absolute atomic E-state index is 12.4. The number of nitrogens with zero attached hydrogens (tertiary/aromatic N) is 1. The Labute approximate surface area is 201 Å². The van der Waals surface area contributed by atoms with Crippen LogP contribution in [-0.2, 0) is 16.1 Å². The Hall–Kier alpha value is -3.72. The van der Waals surface area contributed by atoms with Crippen LogP contribution in [0.5, 0.6) is 0 Å². The fourth-order valence-corrected chi connectivity index (χ4v) is 5.01. The van der Waals surface area contributed by atoms with E-state index in [2.05, 4.69) is 39.9 Å². The highest BCUT2D eigenvalue weighted by Crippen LogP contribution is 2.44. The van der Waals surface area contributed by atoms with Crippen molar-refractivity contribution in [3.8, 4) is 11.1 Å². The third-order valence-electron chi connectivity index (χ3n) is 5.64. The molecule has 3 N–H and O–H groups in total. The summed E-state index contributed by atoms with van der Waals surface area (Å²) in [5, 5.41) is 14.7. The molecule has 1 unspecified atom stereocenters. The molecule has 0 aliphatic heterocycles. The number of aromatic nitrogens is 1. The van der Waals surface area contributed by atoms with Gasteiger partial charge in [-0.25, -0.2) is 9.78 Å². The summed E-state index contributed by atoms with van der Waals surface area (Å²) in [4.78, 5) is 40.5. The Morgan fingerprint density at radius 2 is 1.71 bits per heavy atom. The lowest BCUT2D eigenvalue weighted by Gasteiger charge is -2.14. The van der Waals surface area contributed by atoms with Crippen LogP contribution in [-0.4, -0.2) is 40.7 Å². The Balaban J connectivity index is 1.33. The summed E-state index contributed by atoms with van der Waals surface area (Å²) in [5.41, 5.74) is 4.83. The van der Waals surface area contributed by atoms with Crippen LogP contribution in [0.4, 0.5) is 4.79 Å². The number of alkyl carbamates (subject to hydrolysis) is 1. The third-order valence-corrected chi connectivity index (χ3v) is 6.61. The van der Waals surface area contributed by atoms with Gasteiger partial charge in [0.2, 0.25) is 0 Å². The molecule has 1 aliphatic carbocycles. The molecule has 0 saturated carbocycles. The monoisotopic (exact) mass is 479 g/mol. The molecular weight excluding hydrogens is 454 g/mol. The molecule has 34 heavy (non-hydrogen) atoms. The highest BCUT2D eigenvalue weighted by Gasteiger charge is 2.29. The van der Waals surface area contributed by atoms with E-state index in [1.54, 1.807) is 13.8 Å². The van der Waals surface area contributed by atoms with Gasteiger partial charge in [-0.1, -0.05) is 48.5 Å². The first kappa shape index (κ1) is 23.4. The number of nitrogens with one attached hydrogen (secondary N) is 2. The molecule has 4 rings (SSSR count). The van der Waals surface area contributed by atoms with E-state index in [1.807, 2.05) is 24.3 Å². The smallest absolute Gasteiger partial charge is 0.407 e. The second-order valence-electron chi connectivity index (χ2n) is 8.16. The van der Waals surface area contributed by atoms with Crippen LogP contribution in [0, 0.1) is 6.92 Å². The molecule has 1 atom stereocenters. The molecular formula is C25H25N3O5S. The van der Waals surface area contributed by atoms with Crippen molar-refractivity contribution in [3.05, 3.63) is 75.2 Å². The average molecular weight is 480 g/mol. The molecule has 176 valence electrons. The van der Waals surface area contributed by atoms with Crippen LogP contribution in [0.2, 0.25) is 0 Å². The number of hydrogen-bond donors (Lipinski definition) is 3. The zero-order valence-electron chi connectivity index (χ0n) is 18.8. The van der Waals surface area contributed by atoms with Gasteiger partial charge < -0.3 is 20.5 Å². The molecule has 2 aromatic carbocycles. The van der Waals surface area contributed by atoms with Gasteiger partial charge in [0, 0.05) is 16.8 Å². The van der Waals surface area contributed by atoms with E-state index in [-0.39, 0.29) is 31.2 Å². The highest BCUT2D eigenvalue weighted by atomic mass is 32.1. The van der Waals surface area contributed by atoms with Crippen molar-refractivity contribution in [2.75, 3.05) is 6.61 Å². The molecule has 1 aromatic heterocycles. The number of fused-ring (bicyclic) bond motifs is 3. The first-order chi connectivity index (χ1) is 16.3. The lowest BCUT2D eigenvalue weighted by Crippen LogP contribution is -2.34. The van der Waals surface area contributed by atoms with Crippen LogP contribution in [0.25, 0.3) is 11.1 Å². The first-order valence-electron chi connectivity index (χ1n) is 10.9. The summed E-state index contributed by atoms with van der Waals surface area (Å²) < 4.78 is 5.53. The van der Waals surface area contributed by atoms with Crippen molar-refractivity contribution < 1.29 is 24.2 Å². The van der Waals surface area contributed by atoms with Crippen molar-refractivity contribution >= 4 is 29.3 Å². The molecule has 9 heteroatoms. The molecule has 0 saturated heterocycles. The molecule has 0 fully saturated rings. The van der Waals surface area contributed by atoms with Gasteiger partial charge in [-0.15, -0.1) is 11.3 Å². The Bertz CT molecular complexity index is 1190. The van der Waals surface area contributed by atoms with E-state index >= 15 is 0 Å². The molecule has 0 bridgehead atoms. The van der Waals surface area contributed by atoms with E-state index in [0.29, 0.717) is 9.88 Å². The standard InChI is InChI=1S/C25H25N3O5S/c1-14(11-22(29)30)27-24(31)23-15(2)34-21(28-23)12-26-25(32)33-13-20-18-9-5-3-7-16(18)17-8-4-6-10-19(17)20/h3-10,14,20H,11-13H2,1-2H3,(H,26,32)(H,27,31)(H,29,30). The van der Waals surface area contributed by atoms with E-state index in [9.17, 15) is 14.4 Å². The topological polar surface area (TPSA) is 118 Å². The van der Waals surface area contributed by atoms with Crippen LogP contribution in [0.1, 0.15) is 50.8 Å². The van der Waals surface area contributed by atoms with E-state index < -0.39 is 24.0 Å². The number of carbonyl (C=O) groups is 3. The molecule has 1 aliphatic rings. The number of amides is 2. The number of aryl methyl sites for hydroxylation is 1. The molecule has 2 amide bonds.